The van der Waals surface area contributed by atoms with Gasteiger partial charge in [-0.05, 0) is 13.3 Å². The van der Waals surface area contributed by atoms with Crippen LogP contribution in [0.1, 0.15) is 20.3 Å². The molecule has 0 spiro atoms. The number of amides is 2. The van der Waals surface area contributed by atoms with Crippen LogP contribution in [0.2, 0.25) is 0 Å². The van der Waals surface area contributed by atoms with Crippen LogP contribution in [0.3, 0.4) is 0 Å². The van der Waals surface area contributed by atoms with E-state index in [1.807, 2.05) is 19.1 Å². The first-order chi connectivity index (χ1) is 7.49. The monoisotopic (exact) mass is 228 g/mol. The highest BCUT2D eigenvalue weighted by Gasteiger charge is 2.16. The molecule has 2 amide bonds. The molecule has 0 heterocycles. The number of urea groups is 1. The van der Waals surface area contributed by atoms with Gasteiger partial charge in [-0.3, -0.25) is 4.79 Å². The second-order valence-corrected chi connectivity index (χ2v) is 3.71. The molecule has 0 bridgehead atoms. The molecule has 0 saturated carbocycles. The summed E-state index contributed by atoms with van der Waals surface area (Å²) in [6.07, 6.45) is 4.66. The first-order valence-electron chi connectivity index (χ1n) is 5.32. The molecule has 5 heteroatoms. The summed E-state index contributed by atoms with van der Waals surface area (Å²) in [5.41, 5.74) is 0. The van der Waals surface area contributed by atoms with E-state index in [1.54, 1.807) is 14.0 Å². The molecule has 16 heavy (non-hydrogen) atoms. The molecule has 0 aliphatic carbocycles. The number of hydrogen-bond acceptors (Lipinski definition) is 2. The van der Waals surface area contributed by atoms with E-state index in [-0.39, 0.29) is 12.6 Å². The van der Waals surface area contributed by atoms with Crippen LogP contribution in [0.4, 0.5) is 4.79 Å². The lowest BCUT2D eigenvalue weighted by Crippen LogP contribution is -2.41. The first kappa shape index (κ1) is 14.5. The minimum atomic E-state index is -0.895. The van der Waals surface area contributed by atoms with E-state index in [1.165, 1.54) is 4.90 Å². The van der Waals surface area contributed by atoms with Crippen molar-refractivity contribution in [3.63, 3.8) is 0 Å². The molecule has 0 fully saturated rings. The van der Waals surface area contributed by atoms with Gasteiger partial charge in [-0.25, -0.2) is 4.79 Å². The van der Waals surface area contributed by atoms with Crippen molar-refractivity contribution >= 4 is 12.0 Å². The molecule has 2 N–H and O–H groups in total. The maximum Gasteiger partial charge on any atom is 0.317 e. The molecule has 0 aliphatic heterocycles. The third-order valence-corrected chi connectivity index (χ3v) is 2.14. The van der Waals surface area contributed by atoms with E-state index in [0.717, 1.165) is 6.42 Å². The molecular formula is C11H20N2O3. The van der Waals surface area contributed by atoms with Gasteiger partial charge in [0.1, 0.15) is 0 Å². The zero-order valence-electron chi connectivity index (χ0n) is 10.1. The molecule has 0 rings (SSSR count). The van der Waals surface area contributed by atoms with Crippen LogP contribution in [0, 0.1) is 5.92 Å². The lowest BCUT2D eigenvalue weighted by atomic mass is 10.2. The van der Waals surface area contributed by atoms with Crippen molar-refractivity contribution in [2.24, 2.45) is 5.92 Å². The van der Waals surface area contributed by atoms with Gasteiger partial charge in [-0.1, -0.05) is 19.1 Å². The van der Waals surface area contributed by atoms with Gasteiger partial charge in [0, 0.05) is 20.1 Å². The maximum absolute atomic E-state index is 11.5. The number of aliphatic carboxylic acids is 1. The van der Waals surface area contributed by atoms with Crippen molar-refractivity contribution in [1.82, 2.24) is 10.2 Å². The predicted molar refractivity (Wildman–Crippen MR) is 62.3 cm³/mol. The van der Waals surface area contributed by atoms with Crippen molar-refractivity contribution in [3.8, 4) is 0 Å². The lowest BCUT2D eigenvalue weighted by Gasteiger charge is -2.19. The van der Waals surface area contributed by atoms with Crippen LogP contribution in [-0.2, 0) is 4.79 Å². The van der Waals surface area contributed by atoms with Gasteiger partial charge in [0.05, 0.1) is 5.92 Å². The summed E-state index contributed by atoms with van der Waals surface area (Å²) in [6.45, 7) is 4.27. The van der Waals surface area contributed by atoms with Crippen molar-refractivity contribution in [2.45, 2.75) is 20.3 Å². The Kier molecular flexibility index (Phi) is 7.00. The quantitative estimate of drug-likeness (QED) is 0.532. The number of nitrogens with one attached hydrogen (secondary N) is 1. The third-order valence-electron chi connectivity index (χ3n) is 2.14. The Morgan fingerprint density at radius 3 is 2.62 bits per heavy atom. The minimum absolute atomic E-state index is 0.213. The van der Waals surface area contributed by atoms with E-state index in [4.69, 9.17) is 5.11 Å². The average Bonchev–Trinajstić information content (AvgIpc) is 2.23. The number of allylic oxidation sites excluding steroid dienone is 1. The van der Waals surface area contributed by atoms with E-state index in [9.17, 15) is 9.59 Å². The molecular weight excluding hydrogens is 208 g/mol. The second-order valence-electron chi connectivity index (χ2n) is 3.71. The summed E-state index contributed by atoms with van der Waals surface area (Å²) in [6, 6.07) is -0.238. The predicted octanol–water partition coefficient (Wildman–Crippen LogP) is 1.31. The molecule has 0 radical (unpaired) electrons. The van der Waals surface area contributed by atoms with Crippen molar-refractivity contribution < 1.29 is 14.7 Å². The Labute approximate surface area is 96.1 Å². The molecule has 5 nitrogen and oxygen atoms in total. The summed E-state index contributed by atoms with van der Waals surface area (Å²) in [5, 5.41) is 11.4. The fraction of sp³-hybridized carbons (Fsp3) is 0.636. The summed E-state index contributed by atoms with van der Waals surface area (Å²) in [4.78, 5) is 23.4. The number of hydrogen-bond donors (Lipinski definition) is 2. The van der Waals surface area contributed by atoms with Crippen LogP contribution in [0.15, 0.2) is 12.2 Å². The fourth-order valence-electron chi connectivity index (χ4n) is 1.14. The van der Waals surface area contributed by atoms with Gasteiger partial charge in [-0.2, -0.15) is 0 Å². The van der Waals surface area contributed by atoms with E-state index in [0.29, 0.717) is 6.54 Å². The largest absolute Gasteiger partial charge is 0.481 e. The number of carboxylic acids is 1. The normalized spacial score (nSPS) is 12.4. The van der Waals surface area contributed by atoms with E-state index >= 15 is 0 Å². The number of carbonyl (C=O) groups is 2. The Bertz CT molecular complexity index is 264. The van der Waals surface area contributed by atoms with Gasteiger partial charge >= 0.3 is 12.0 Å². The van der Waals surface area contributed by atoms with E-state index < -0.39 is 11.9 Å². The third kappa shape index (κ3) is 6.06. The fourth-order valence-corrected chi connectivity index (χ4v) is 1.14. The smallest absolute Gasteiger partial charge is 0.317 e. The number of carbonyl (C=O) groups excluding carboxylic acids is 1. The van der Waals surface area contributed by atoms with Gasteiger partial charge in [-0.15, -0.1) is 0 Å². The van der Waals surface area contributed by atoms with Crippen LogP contribution in [-0.4, -0.2) is 42.1 Å². The highest BCUT2D eigenvalue weighted by Crippen LogP contribution is 1.98. The Morgan fingerprint density at radius 1 is 1.50 bits per heavy atom. The molecule has 92 valence electrons. The van der Waals surface area contributed by atoms with Crippen LogP contribution >= 0.6 is 0 Å². The number of nitrogens with zero attached hydrogens (tertiary/aromatic N) is 1. The molecule has 0 aromatic carbocycles. The zero-order chi connectivity index (χ0) is 12.6. The molecule has 1 unspecified atom stereocenters. The zero-order valence-corrected chi connectivity index (χ0v) is 10.1. The van der Waals surface area contributed by atoms with Crippen molar-refractivity contribution in [1.29, 1.82) is 0 Å². The SMILES string of the molecule is C/C=C/CCNC(=O)N(C)CC(C)C(=O)O. The molecule has 0 aromatic rings. The molecule has 0 saturated heterocycles. The van der Waals surface area contributed by atoms with Gasteiger partial charge in [0.2, 0.25) is 0 Å². The van der Waals surface area contributed by atoms with Crippen molar-refractivity contribution in [3.05, 3.63) is 12.2 Å². The van der Waals surface area contributed by atoms with Gasteiger partial charge < -0.3 is 15.3 Å². The molecule has 0 aromatic heterocycles. The summed E-state index contributed by atoms with van der Waals surface area (Å²) in [7, 11) is 1.59. The Hall–Kier alpha value is -1.52. The minimum Gasteiger partial charge on any atom is -0.481 e. The number of rotatable bonds is 6. The molecule has 0 aliphatic rings. The Balaban J connectivity index is 3.85. The highest BCUT2D eigenvalue weighted by molar-refractivity contribution is 5.75. The highest BCUT2D eigenvalue weighted by atomic mass is 16.4. The maximum atomic E-state index is 11.5. The van der Waals surface area contributed by atoms with Crippen LogP contribution in [0.5, 0.6) is 0 Å². The number of carboxylic acid groups (broad SMARTS) is 1. The van der Waals surface area contributed by atoms with Crippen molar-refractivity contribution in [2.75, 3.05) is 20.1 Å². The average molecular weight is 228 g/mol. The molecule has 1 atom stereocenters. The van der Waals surface area contributed by atoms with Crippen LogP contribution < -0.4 is 5.32 Å². The first-order valence-corrected chi connectivity index (χ1v) is 5.32. The topological polar surface area (TPSA) is 69.6 Å². The standard InChI is InChI=1S/C11H20N2O3/c1-4-5-6-7-12-11(16)13(3)8-9(2)10(14)15/h4-5,9H,6-8H2,1-3H3,(H,12,16)(H,14,15)/b5-4+. The van der Waals surface area contributed by atoms with Gasteiger partial charge in [0.15, 0.2) is 0 Å². The van der Waals surface area contributed by atoms with E-state index in [2.05, 4.69) is 5.32 Å². The van der Waals surface area contributed by atoms with Crippen LogP contribution in [0.25, 0.3) is 0 Å². The van der Waals surface area contributed by atoms with Gasteiger partial charge in [0.25, 0.3) is 0 Å². The lowest BCUT2D eigenvalue weighted by molar-refractivity contribution is -0.141. The second kappa shape index (κ2) is 7.73. The summed E-state index contributed by atoms with van der Waals surface area (Å²) < 4.78 is 0. The summed E-state index contributed by atoms with van der Waals surface area (Å²) in [5.74, 6) is -1.44. The summed E-state index contributed by atoms with van der Waals surface area (Å²) >= 11 is 0. The Morgan fingerprint density at radius 2 is 2.12 bits per heavy atom.